The largest absolute Gasteiger partial charge is 0.442 e. The van der Waals surface area contributed by atoms with Crippen LogP contribution in [-0.4, -0.2) is 48.5 Å². The van der Waals surface area contributed by atoms with Crippen LogP contribution in [-0.2, 0) is 24.8 Å². The van der Waals surface area contributed by atoms with Crippen LogP contribution in [0.2, 0.25) is 0 Å². The zero-order valence-corrected chi connectivity index (χ0v) is 15.2. The summed E-state index contributed by atoms with van der Waals surface area (Å²) in [5.74, 6) is 0. The number of H-pyrrole nitrogens is 1. The Kier molecular flexibility index (Phi) is 6.06. The SMILES string of the molecule is CC(C)(C)OC(=O)n1ccc(S(N)(=O)=O)n1.NS(=O)(=O)c1ccn[nH]1. The van der Waals surface area contributed by atoms with Crippen LogP contribution in [0.5, 0.6) is 0 Å². The highest BCUT2D eigenvalue weighted by atomic mass is 32.2. The highest BCUT2D eigenvalue weighted by molar-refractivity contribution is 7.89. The minimum absolute atomic E-state index is 0.0671. The first-order chi connectivity index (χ1) is 11.2. The van der Waals surface area contributed by atoms with E-state index in [1.54, 1.807) is 20.8 Å². The van der Waals surface area contributed by atoms with Crippen LogP contribution in [0.25, 0.3) is 0 Å². The van der Waals surface area contributed by atoms with Gasteiger partial charge in [-0.05, 0) is 32.9 Å². The molecule has 0 aliphatic heterocycles. The summed E-state index contributed by atoms with van der Waals surface area (Å²) in [5, 5.41) is 18.2. The van der Waals surface area contributed by atoms with E-state index in [4.69, 9.17) is 15.0 Å². The fraction of sp³-hybridized carbons (Fsp3) is 0.364. The molecular weight excluding hydrogens is 376 g/mol. The number of rotatable bonds is 2. The number of nitrogens with two attached hydrogens (primary N) is 2. The Hall–Kier alpha value is -2.29. The molecule has 2 rings (SSSR count). The third-order valence-corrected chi connectivity index (χ3v) is 3.86. The number of aromatic amines is 1. The van der Waals surface area contributed by atoms with Crippen molar-refractivity contribution >= 4 is 26.1 Å². The summed E-state index contributed by atoms with van der Waals surface area (Å²) in [6.07, 6.45) is 1.73. The van der Waals surface area contributed by atoms with E-state index < -0.39 is 31.7 Å². The molecule has 2 aromatic rings. The predicted molar refractivity (Wildman–Crippen MR) is 85.2 cm³/mol. The van der Waals surface area contributed by atoms with Gasteiger partial charge in [0.05, 0.1) is 6.20 Å². The summed E-state index contributed by atoms with van der Waals surface area (Å²) in [6, 6.07) is 2.41. The Morgan fingerprint density at radius 2 is 1.76 bits per heavy atom. The lowest BCUT2D eigenvalue weighted by molar-refractivity contribution is 0.0512. The first-order valence-corrected chi connectivity index (χ1v) is 9.63. The fourth-order valence-electron chi connectivity index (χ4n) is 1.27. The lowest BCUT2D eigenvalue weighted by atomic mass is 10.2. The molecule has 0 atom stereocenters. The maximum atomic E-state index is 11.4. The van der Waals surface area contributed by atoms with Gasteiger partial charge in [-0.3, -0.25) is 5.10 Å². The monoisotopic (exact) mass is 394 g/mol. The minimum atomic E-state index is -3.90. The Bertz CT molecular complexity index is 924. The van der Waals surface area contributed by atoms with Crippen LogP contribution in [0.3, 0.4) is 0 Å². The van der Waals surface area contributed by atoms with Crippen molar-refractivity contribution in [2.24, 2.45) is 10.3 Å². The average Bonchev–Trinajstić information content (AvgIpc) is 3.08. The second-order valence-electron chi connectivity index (χ2n) is 5.59. The predicted octanol–water partition coefficient (Wildman–Crippen LogP) is -0.629. The van der Waals surface area contributed by atoms with E-state index in [-0.39, 0.29) is 10.1 Å². The van der Waals surface area contributed by atoms with Crippen LogP contribution >= 0.6 is 0 Å². The molecule has 0 fully saturated rings. The third-order valence-electron chi connectivity index (χ3n) is 2.22. The molecule has 0 saturated carbocycles. The van der Waals surface area contributed by atoms with Gasteiger partial charge in [0.25, 0.3) is 20.0 Å². The van der Waals surface area contributed by atoms with Crippen LogP contribution in [0.1, 0.15) is 20.8 Å². The zero-order valence-electron chi connectivity index (χ0n) is 13.6. The second-order valence-corrected chi connectivity index (χ2v) is 8.63. The number of primary sulfonamides is 2. The first kappa shape index (κ1) is 20.8. The van der Waals surface area contributed by atoms with E-state index in [0.717, 1.165) is 10.7 Å². The van der Waals surface area contributed by atoms with E-state index in [0.29, 0.717) is 0 Å². The summed E-state index contributed by atoms with van der Waals surface area (Å²) in [7, 11) is -7.48. The molecule has 14 heteroatoms. The molecule has 0 spiro atoms. The third kappa shape index (κ3) is 7.00. The molecule has 0 unspecified atom stereocenters. The van der Waals surface area contributed by atoms with Gasteiger partial charge in [-0.15, -0.1) is 5.10 Å². The summed E-state index contributed by atoms with van der Waals surface area (Å²) in [5.41, 5.74) is -0.676. The molecule has 0 aromatic carbocycles. The number of aromatic nitrogens is 4. The number of nitrogens with one attached hydrogen (secondary N) is 1. The van der Waals surface area contributed by atoms with Gasteiger partial charge in [-0.1, -0.05) is 0 Å². The van der Waals surface area contributed by atoms with E-state index in [2.05, 4.69) is 15.3 Å². The molecule has 0 aliphatic rings. The minimum Gasteiger partial charge on any atom is -0.442 e. The number of carbonyl (C=O) groups is 1. The van der Waals surface area contributed by atoms with Crippen molar-refractivity contribution in [2.75, 3.05) is 0 Å². The highest BCUT2D eigenvalue weighted by Crippen LogP contribution is 2.09. The van der Waals surface area contributed by atoms with E-state index >= 15 is 0 Å². The number of nitrogens with zero attached hydrogens (tertiary/aromatic N) is 3. The van der Waals surface area contributed by atoms with Gasteiger partial charge in [0, 0.05) is 6.20 Å². The lowest BCUT2D eigenvalue weighted by Crippen LogP contribution is -2.27. The summed E-state index contributed by atoms with van der Waals surface area (Å²) in [6.45, 7) is 5.07. The van der Waals surface area contributed by atoms with Crippen molar-refractivity contribution in [1.29, 1.82) is 0 Å². The van der Waals surface area contributed by atoms with Crippen molar-refractivity contribution in [3.8, 4) is 0 Å². The molecule has 2 aromatic heterocycles. The van der Waals surface area contributed by atoms with Gasteiger partial charge in [0.2, 0.25) is 0 Å². The average molecular weight is 394 g/mol. The molecule has 0 aliphatic carbocycles. The van der Waals surface area contributed by atoms with Gasteiger partial charge in [0.15, 0.2) is 10.1 Å². The Morgan fingerprint density at radius 3 is 2.08 bits per heavy atom. The number of hydrogen-bond donors (Lipinski definition) is 3. The number of sulfonamides is 2. The Balaban J connectivity index is 0.000000293. The molecule has 140 valence electrons. The van der Waals surface area contributed by atoms with Gasteiger partial charge in [-0.2, -0.15) is 9.78 Å². The van der Waals surface area contributed by atoms with Gasteiger partial charge in [0.1, 0.15) is 5.60 Å². The summed E-state index contributed by atoms with van der Waals surface area (Å²) >= 11 is 0. The van der Waals surface area contributed by atoms with Crippen LogP contribution in [0.4, 0.5) is 4.79 Å². The smallest absolute Gasteiger partial charge is 0.435 e. The zero-order chi connectivity index (χ0) is 19.5. The number of hydrogen-bond acceptors (Lipinski definition) is 8. The van der Waals surface area contributed by atoms with E-state index in [1.807, 2.05) is 0 Å². The summed E-state index contributed by atoms with van der Waals surface area (Å²) in [4.78, 5) is 11.4. The lowest BCUT2D eigenvalue weighted by Gasteiger charge is -2.18. The van der Waals surface area contributed by atoms with Crippen molar-refractivity contribution in [3.05, 3.63) is 24.5 Å². The van der Waals surface area contributed by atoms with E-state index in [9.17, 15) is 21.6 Å². The first-order valence-electron chi connectivity index (χ1n) is 6.54. The number of ether oxygens (including phenoxy) is 1. The summed E-state index contributed by atoms with van der Waals surface area (Å²) < 4.78 is 48.4. The maximum Gasteiger partial charge on any atom is 0.435 e. The van der Waals surface area contributed by atoms with Crippen molar-refractivity contribution < 1.29 is 26.4 Å². The van der Waals surface area contributed by atoms with Gasteiger partial charge < -0.3 is 4.74 Å². The molecule has 0 amide bonds. The van der Waals surface area contributed by atoms with Crippen molar-refractivity contribution in [2.45, 2.75) is 36.4 Å². The molecule has 0 radical (unpaired) electrons. The molecule has 5 N–H and O–H groups in total. The quantitative estimate of drug-likeness (QED) is 0.599. The molecule has 0 bridgehead atoms. The molecule has 2 heterocycles. The molecular formula is C11H18N6O6S2. The Morgan fingerprint density at radius 1 is 1.16 bits per heavy atom. The van der Waals surface area contributed by atoms with Gasteiger partial charge >= 0.3 is 6.09 Å². The van der Waals surface area contributed by atoms with Crippen LogP contribution in [0.15, 0.2) is 34.6 Å². The number of carbonyl (C=O) groups excluding carboxylic acids is 1. The van der Waals surface area contributed by atoms with Crippen LogP contribution < -0.4 is 10.3 Å². The maximum absolute atomic E-state index is 11.4. The molecule has 0 saturated heterocycles. The molecule has 25 heavy (non-hydrogen) atoms. The van der Waals surface area contributed by atoms with Gasteiger partial charge in [-0.25, -0.2) is 31.9 Å². The highest BCUT2D eigenvalue weighted by Gasteiger charge is 2.20. The topological polar surface area (TPSA) is 193 Å². The van der Waals surface area contributed by atoms with E-state index in [1.165, 1.54) is 18.5 Å². The van der Waals surface area contributed by atoms with Crippen LogP contribution in [0, 0.1) is 0 Å². The normalized spacial score (nSPS) is 12.2. The standard InChI is InChI=1S/C8H13N3O4S.C3H5N3O2S/c1-8(2,3)15-7(12)11-5-4-6(10-11)16(9,13)14;4-9(7,8)3-1-2-5-6-3/h4-5H,1-3H3,(H2,9,13,14);1-2H,(H,5,6)(H2,4,7,8). The Labute approximate surface area is 144 Å². The van der Waals surface area contributed by atoms with Crippen molar-refractivity contribution in [1.82, 2.24) is 20.0 Å². The second kappa shape index (κ2) is 7.30. The van der Waals surface area contributed by atoms with Crippen molar-refractivity contribution in [3.63, 3.8) is 0 Å². The fourth-order valence-corrected chi connectivity index (χ4v) is 2.15. The molecule has 12 nitrogen and oxygen atoms in total.